The Hall–Kier alpha value is -1.65. The van der Waals surface area contributed by atoms with Gasteiger partial charge in [-0.05, 0) is 25.5 Å². The number of rotatable bonds is 7. The van der Waals surface area contributed by atoms with Gasteiger partial charge in [-0.2, -0.15) is 0 Å². The molecule has 4 heteroatoms. The maximum absolute atomic E-state index is 6.14. The lowest BCUT2D eigenvalue weighted by molar-refractivity contribution is 0.118. The van der Waals surface area contributed by atoms with Gasteiger partial charge in [-0.3, -0.25) is 4.90 Å². The van der Waals surface area contributed by atoms with Crippen LogP contribution in [0.3, 0.4) is 0 Å². The van der Waals surface area contributed by atoms with Crippen molar-refractivity contribution in [2.45, 2.75) is 32.9 Å². The summed E-state index contributed by atoms with van der Waals surface area (Å²) in [5, 5.41) is 1.14. The lowest BCUT2D eigenvalue weighted by Gasteiger charge is -2.28. The summed E-state index contributed by atoms with van der Waals surface area (Å²) >= 11 is 0. The highest BCUT2D eigenvalue weighted by Gasteiger charge is 2.14. The molecule has 0 aliphatic heterocycles. The lowest BCUT2D eigenvalue weighted by atomic mass is 10.1. The third kappa shape index (κ3) is 3.93. The fourth-order valence-electron chi connectivity index (χ4n) is 2.44. The molecule has 0 aliphatic carbocycles. The maximum atomic E-state index is 6.14. The van der Waals surface area contributed by atoms with Gasteiger partial charge in [0.1, 0.15) is 5.82 Å². The second-order valence-corrected chi connectivity index (χ2v) is 5.45. The van der Waals surface area contributed by atoms with E-state index in [-0.39, 0.29) is 0 Å². The average molecular weight is 287 g/mol. The molecule has 1 heterocycles. The van der Waals surface area contributed by atoms with Crippen LogP contribution in [-0.2, 0) is 11.3 Å². The van der Waals surface area contributed by atoms with E-state index in [0.717, 1.165) is 42.6 Å². The Morgan fingerprint density at radius 2 is 2.10 bits per heavy atom. The van der Waals surface area contributed by atoms with E-state index in [4.69, 9.17) is 10.5 Å². The summed E-state index contributed by atoms with van der Waals surface area (Å²) < 4.78 is 5.22. The van der Waals surface area contributed by atoms with E-state index in [2.05, 4.69) is 35.9 Å². The topological polar surface area (TPSA) is 51.4 Å². The number of anilines is 1. The predicted octanol–water partition coefficient (Wildman–Crippen LogP) is 3.06. The van der Waals surface area contributed by atoms with Gasteiger partial charge >= 0.3 is 0 Å². The van der Waals surface area contributed by atoms with E-state index >= 15 is 0 Å². The molecule has 0 bridgehead atoms. The van der Waals surface area contributed by atoms with E-state index in [1.54, 1.807) is 7.11 Å². The molecular formula is C17H25N3O. The summed E-state index contributed by atoms with van der Waals surface area (Å²) in [6.07, 6.45) is 1.10. The van der Waals surface area contributed by atoms with Crippen LogP contribution in [0.2, 0.25) is 0 Å². The van der Waals surface area contributed by atoms with Crippen molar-refractivity contribution in [3.05, 3.63) is 35.9 Å². The maximum Gasteiger partial charge on any atom is 0.128 e. The lowest BCUT2D eigenvalue weighted by Crippen LogP contribution is -2.35. The van der Waals surface area contributed by atoms with Gasteiger partial charge in [-0.25, -0.2) is 4.98 Å². The minimum atomic E-state index is 0.492. The van der Waals surface area contributed by atoms with Crippen molar-refractivity contribution in [3.63, 3.8) is 0 Å². The van der Waals surface area contributed by atoms with Crippen molar-refractivity contribution in [1.82, 2.24) is 9.88 Å². The molecule has 0 amide bonds. The molecule has 0 fully saturated rings. The summed E-state index contributed by atoms with van der Waals surface area (Å²) in [5.41, 5.74) is 8.17. The van der Waals surface area contributed by atoms with E-state index < -0.39 is 0 Å². The number of para-hydroxylation sites is 1. The molecule has 2 N–H and O–H groups in total. The fourth-order valence-corrected chi connectivity index (χ4v) is 2.44. The standard InChI is InChI=1S/C17H25N3O/c1-4-13(2)20(9-10-21-3)12-15-11-14-7-5-6-8-16(14)19-17(15)18/h5-8,11,13H,4,9-10,12H2,1-3H3,(H2,18,19). The van der Waals surface area contributed by atoms with Gasteiger partial charge in [0.25, 0.3) is 0 Å². The molecule has 0 spiro atoms. The number of aromatic nitrogens is 1. The van der Waals surface area contributed by atoms with Crippen LogP contribution in [0.1, 0.15) is 25.8 Å². The van der Waals surface area contributed by atoms with Crippen LogP contribution in [0.5, 0.6) is 0 Å². The first kappa shape index (κ1) is 15.7. The molecule has 1 unspecified atom stereocenters. The monoisotopic (exact) mass is 287 g/mol. The zero-order valence-electron chi connectivity index (χ0n) is 13.2. The molecule has 2 aromatic rings. The molecule has 0 aliphatic rings. The summed E-state index contributed by atoms with van der Waals surface area (Å²) in [4.78, 5) is 6.91. The number of nitrogen functional groups attached to an aromatic ring is 1. The number of hydrogen-bond acceptors (Lipinski definition) is 4. The summed E-state index contributed by atoms with van der Waals surface area (Å²) in [6.45, 7) is 6.87. The zero-order valence-corrected chi connectivity index (χ0v) is 13.2. The Morgan fingerprint density at radius 3 is 2.81 bits per heavy atom. The van der Waals surface area contributed by atoms with Crippen molar-refractivity contribution < 1.29 is 4.74 Å². The van der Waals surface area contributed by atoms with E-state index in [9.17, 15) is 0 Å². The SMILES string of the molecule is CCC(C)N(CCOC)Cc1cc2ccccc2nc1N. The number of pyridine rings is 1. The number of benzene rings is 1. The molecule has 0 radical (unpaired) electrons. The number of hydrogen-bond donors (Lipinski definition) is 1. The van der Waals surface area contributed by atoms with Crippen LogP contribution in [0.25, 0.3) is 10.9 Å². The van der Waals surface area contributed by atoms with Crippen molar-refractivity contribution in [2.24, 2.45) is 0 Å². The molecule has 21 heavy (non-hydrogen) atoms. The summed E-state index contributed by atoms with van der Waals surface area (Å²) in [6, 6.07) is 10.7. The van der Waals surface area contributed by atoms with Crippen molar-refractivity contribution in [3.8, 4) is 0 Å². The van der Waals surface area contributed by atoms with Gasteiger partial charge in [0, 0.05) is 37.2 Å². The first-order valence-electron chi connectivity index (χ1n) is 7.52. The Labute approximate surface area is 126 Å². The van der Waals surface area contributed by atoms with E-state index in [0.29, 0.717) is 11.9 Å². The van der Waals surface area contributed by atoms with Crippen LogP contribution < -0.4 is 5.73 Å². The first-order chi connectivity index (χ1) is 10.2. The number of methoxy groups -OCH3 is 1. The average Bonchev–Trinajstić information content (AvgIpc) is 2.51. The second kappa shape index (κ2) is 7.38. The van der Waals surface area contributed by atoms with Gasteiger partial charge in [-0.15, -0.1) is 0 Å². The molecule has 1 atom stereocenters. The quantitative estimate of drug-likeness (QED) is 0.850. The number of fused-ring (bicyclic) bond motifs is 1. The largest absolute Gasteiger partial charge is 0.383 e. The molecular weight excluding hydrogens is 262 g/mol. The molecule has 4 nitrogen and oxygen atoms in total. The third-order valence-electron chi connectivity index (χ3n) is 4.01. The van der Waals surface area contributed by atoms with Gasteiger partial charge in [0.2, 0.25) is 0 Å². The number of ether oxygens (including phenoxy) is 1. The molecule has 1 aromatic carbocycles. The molecule has 0 saturated heterocycles. The molecule has 114 valence electrons. The van der Waals surface area contributed by atoms with Crippen molar-refractivity contribution in [2.75, 3.05) is 26.0 Å². The minimum absolute atomic E-state index is 0.492. The van der Waals surface area contributed by atoms with Gasteiger partial charge < -0.3 is 10.5 Å². The smallest absolute Gasteiger partial charge is 0.128 e. The Kier molecular flexibility index (Phi) is 5.53. The van der Waals surface area contributed by atoms with Crippen LogP contribution in [0.4, 0.5) is 5.82 Å². The van der Waals surface area contributed by atoms with Gasteiger partial charge in [0.05, 0.1) is 12.1 Å². The Bertz CT molecular complexity index is 585. The van der Waals surface area contributed by atoms with Crippen LogP contribution in [0, 0.1) is 0 Å². The number of nitrogens with two attached hydrogens (primary N) is 1. The van der Waals surface area contributed by atoms with Crippen molar-refractivity contribution in [1.29, 1.82) is 0 Å². The number of nitrogens with zero attached hydrogens (tertiary/aromatic N) is 2. The Morgan fingerprint density at radius 1 is 1.33 bits per heavy atom. The molecule has 2 rings (SSSR count). The highest BCUT2D eigenvalue weighted by atomic mass is 16.5. The van der Waals surface area contributed by atoms with Gasteiger partial charge in [0.15, 0.2) is 0 Å². The van der Waals surface area contributed by atoms with Crippen LogP contribution in [-0.4, -0.2) is 36.2 Å². The second-order valence-electron chi connectivity index (χ2n) is 5.45. The first-order valence-corrected chi connectivity index (χ1v) is 7.52. The minimum Gasteiger partial charge on any atom is -0.383 e. The summed E-state index contributed by atoms with van der Waals surface area (Å²) in [5.74, 6) is 0.624. The Balaban J connectivity index is 2.24. The molecule has 0 saturated carbocycles. The van der Waals surface area contributed by atoms with Gasteiger partial charge in [-0.1, -0.05) is 25.1 Å². The van der Waals surface area contributed by atoms with E-state index in [1.165, 1.54) is 0 Å². The predicted molar refractivity (Wildman–Crippen MR) is 88.2 cm³/mol. The van der Waals surface area contributed by atoms with E-state index in [1.807, 2.05) is 18.2 Å². The zero-order chi connectivity index (χ0) is 15.2. The fraction of sp³-hybridized carbons (Fsp3) is 0.471. The third-order valence-corrected chi connectivity index (χ3v) is 4.01. The highest BCUT2D eigenvalue weighted by molar-refractivity contribution is 5.81. The normalized spacial score (nSPS) is 13.0. The highest BCUT2D eigenvalue weighted by Crippen LogP contribution is 2.21. The molecule has 1 aromatic heterocycles. The van der Waals surface area contributed by atoms with Crippen LogP contribution >= 0.6 is 0 Å². The van der Waals surface area contributed by atoms with Crippen LogP contribution in [0.15, 0.2) is 30.3 Å². The summed E-state index contributed by atoms with van der Waals surface area (Å²) in [7, 11) is 1.74. The van der Waals surface area contributed by atoms with Crippen molar-refractivity contribution >= 4 is 16.7 Å².